The van der Waals surface area contributed by atoms with Crippen molar-refractivity contribution in [2.24, 2.45) is 0 Å². The maximum absolute atomic E-state index is 6.00. The summed E-state index contributed by atoms with van der Waals surface area (Å²) in [6.45, 7) is 8.53. The molecule has 0 heterocycles. The normalized spacial score (nSPS) is 16.3. The molecule has 116 valence electrons. The summed E-state index contributed by atoms with van der Waals surface area (Å²) in [5.74, 6) is 0. The molecule has 0 rings (SSSR count). The van der Waals surface area contributed by atoms with Gasteiger partial charge in [0.2, 0.25) is 0 Å². The van der Waals surface area contributed by atoms with E-state index in [2.05, 4.69) is 13.8 Å². The van der Waals surface area contributed by atoms with Crippen molar-refractivity contribution in [2.45, 2.75) is 64.8 Å². The average Bonchev–Trinajstić information content (AvgIpc) is 2.41. The minimum atomic E-state index is 0.112. The zero-order valence-corrected chi connectivity index (χ0v) is 13.3. The van der Waals surface area contributed by atoms with Crippen molar-refractivity contribution < 1.29 is 18.9 Å². The maximum atomic E-state index is 6.00. The second-order valence-corrected chi connectivity index (χ2v) is 4.87. The van der Waals surface area contributed by atoms with Crippen LogP contribution >= 0.6 is 0 Å². The van der Waals surface area contributed by atoms with E-state index < -0.39 is 0 Å². The number of methoxy groups -OCH3 is 2. The molecule has 0 bridgehead atoms. The van der Waals surface area contributed by atoms with Crippen molar-refractivity contribution in [3.63, 3.8) is 0 Å². The SMILES string of the molecule is CCC(OCCCCOC)C(CC)OC(C)COC. The van der Waals surface area contributed by atoms with Crippen LogP contribution in [-0.4, -0.2) is 52.4 Å². The lowest BCUT2D eigenvalue weighted by Gasteiger charge is -2.28. The van der Waals surface area contributed by atoms with E-state index in [1.54, 1.807) is 14.2 Å². The Balaban J connectivity index is 3.99. The molecule has 0 aromatic rings. The van der Waals surface area contributed by atoms with Gasteiger partial charge in [-0.05, 0) is 32.6 Å². The van der Waals surface area contributed by atoms with Gasteiger partial charge in [0, 0.05) is 27.4 Å². The lowest BCUT2D eigenvalue weighted by atomic mass is 10.1. The highest BCUT2D eigenvalue weighted by Crippen LogP contribution is 2.15. The van der Waals surface area contributed by atoms with Crippen molar-refractivity contribution in [1.82, 2.24) is 0 Å². The van der Waals surface area contributed by atoms with Gasteiger partial charge in [-0.1, -0.05) is 13.8 Å². The Hall–Kier alpha value is -0.160. The Morgan fingerprint density at radius 1 is 0.842 bits per heavy atom. The van der Waals surface area contributed by atoms with Gasteiger partial charge >= 0.3 is 0 Å². The lowest BCUT2D eigenvalue weighted by molar-refractivity contribution is -0.113. The third kappa shape index (κ3) is 9.38. The first-order chi connectivity index (χ1) is 9.19. The van der Waals surface area contributed by atoms with Crippen LogP contribution in [0, 0.1) is 0 Å². The van der Waals surface area contributed by atoms with Crippen molar-refractivity contribution in [2.75, 3.05) is 34.0 Å². The van der Waals surface area contributed by atoms with Gasteiger partial charge in [0.25, 0.3) is 0 Å². The van der Waals surface area contributed by atoms with Crippen LogP contribution < -0.4 is 0 Å². The Kier molecular flexibility index (Phi) is 12.7. The van der Waals surface area contributed by atoms with Crippen LogP contribution in [0.25, 0.3) is 0 Å². The molecule has 0 saturated heterocycles. The molecule has 4 heteroatoms. The van der Waals surface area contributed by atoms with Crippen LogP contribution in [0.2, 0.25) is 0 Å². The van der Waals surface area contributed by atoms with Crippen LogP contribution in [0.15, 0.2) is 0 Å². The Morgan fingerprint density at radius 2 is 1.47 bits per heavy atom. The summed E-state index contributed by atoms with van der Waals surface area (Å²) in [6, 6.07) is 0. The summed E-state index contributed by atoms with van der Waals surface area (Å²) in [6.07, 6.45) is 4.46. The first kappa shape index (κ1) is 18.8. The average molecular weight is 276 g/mol. The Morgan fingerprint density at radius 3 is 2.00 bits per heavy atom. The topological polar surface area (TPSA) is 36.9 Å². The van der Waals surface area contributed by atoms with Crippen molar-refractivity contribution in [3.8, 4) is 0 Å². The monoisotopic (exact) mass is 276 g/mol. The number of unbranched alkanes of at least 4 members (excludes halogenated alkanes) is 1. The van der Waals surface area contributed by atoms with E-state index in [0.717, 1.165) is 38.9 Å². The largest absolute Gasteiger partial charge is 0.385 e. The number of ether oxygens (including phenoxy) is 4. The quantitative estimate of drug-likeness (QED) is 0.485. The second kappa shape index (κ2) is 12.9. The van der Waals surface area contributed by atoms with E-state index in [1.165, 1.54) is 0 Å². The molecule has 4 nitrogen and oxygen atoms in total. The molecule has 0 aromatic carbocycles. The maximum Gasteiger partial charge on any atom is 0.0838 e. The van der Waals surface area contributed by atoms with Crippen molar-refractivity contribution >= 4 is 0 Å². The van der Waals surface area contributed by atoms with Gasteiger partial charge in [-0.3, -0.25) is 0 Å². The molecule has 3 atom stereocenters. The molecule has 0 radical (unpaired) electrons. The first-order valence-electron chi connectivity index (χ1n) is 7.44. The van der Waals surface area contributed by atoms with Crippen LogP contribution in [0.4, 0.5) is 0 Å². The molecule has 0 fully saturated rings. The smallest absolute Gasteiger partial charge is 0.0838 e. The summed E-state index contributed by atoms with van der Waals surface area (Å²) in [7, 11) is 3.43. The van der Waals surface area contributed by atoms with Gasteiger partial charge in [0.15, 0.2) is 0 Å². The third-order valence-electron chi connectivity index (χ3n) is 3.10. The van der Waals surface area contributed by atoms with Gasteiger partial charge in [-0.15, -0.1) is 0 Å². The minimum absolute atomic E-state index is 0.112. The Labute approximate surface area is 118 Å². The van der Waals surface area contributed by atoms with Crippen molar-refractivity contribution in [3.05, 3.63) is 0 Å². The molecule has 0 aliphatic carbocycles. The summed E-state index contributed by atoms with van der Waals surface area (Å²) in [5.41, 5.74) is 0. The van der Waals surface area contributed by atoms with Gasteiger partial charge in [-0.25, -0.2) is 0 Å². The van der Waals surface area contributed by atoms with E-state index in [9.17, 15) is 0 Å². The molecule has 19 heavy (non-hydrogen) atoms. The van der Waals surface area contributed by atoms with Gasteiger partial charge in [-0.2, -0.15) is 0 Å². The molecule has 0 aliphatic rings. The van der Waals surface area contributed by atoms with Gasteiger partial charge in [0.1, 0.15) is 0 Å². The van der Waals surface area contributed by atoms with E-state index >= 15 is 0 Å². The second-order valence-electron chi connectivity index (χ2n) is 4.87. The lowest BCUT2D eigenvalue weighted by Crippen LogP contribution is -2.35. The van der Waals surface area contributed by atoms with Crippen LogP contribution in [-0.2, 0) is 18.9 Å². The molecule has 0 aromatic heterocycles. The van der Waals surface area contributed by atoms with Crippen LogP contribution in [0.1, 0.15) is 46.5 Å². The highest BCUT2D eigenvalue weighted by molar-refractivity contribution is 4.70. The first-order valence-corrected chi connectivity index (χ1v) is 7.44. The number of hydrogen-bond donors (Lipinski definition) is 0. The highest BCUT2D eigenvalue weighted by atomic mass is 16.6. The zero-order chi connectivity index (χ0) is 14.5. The van der Waals surface area contributed by atoms with E-state index in [0.29, 0.717) is 6.61 Å². The van der Waals surface area contributed by atoms with Crippen LogP contribution in [0.5, 0.6) is 0 Å². The highest BCUT2D eigenvalue weighted by Gasteiger charge is 2.21. The fraction of sp³-hybridized carbons (Fsp3) is 1.00. The molecular weight excluding hydrogens is 244 g/mol. The summed E-state index contributed by atoms with van der Waals surface area (Å²) < 4.78 is 22.1. The molecule has 3 unspecified atom stereocenters. The van der Waals surface area contributed by atoms with E-state index in [1.807, 2.05) is 6.92 Å². The molecule has 0 aliphatic heterocycles. The molecule has 0 spiro atoms. The standard InChI is InChI=1S/C15H32O4/c1-6-14(18-11-9-8-10-16-4)15(7-2)19-13(3)12-17-5/h13-15H,6-12H2,1-5H3. The summed E-state index contributed by atoms with van der Waals surface area (Å²) in [5, 5.41) is 0. The summed E-state index contributed by atoms with van der Waals surface area (Å²) >= 11 is 0. The third-order valence-corrected chi connectivity index (χ3v) is 3.10. The number of rotatable bonds is 13. The minimum Gasteiger partial charge on any atom is -0.385 e. The molecular formula is C15H32O4. The van der Waals surface area contributed by atoms with Crippen molar-refractivity contribution in [1.29, 1.82) is 0 Å². The molecule has 0 amide bonds. The zero-order valence-electron chi connectivity index (χ0n) is 13.3. The Bertz CT molecular complexity index is 187. The number of hydrogen-bond acceptors (Lipinski definition) is 4. The predicted molar refractivity (Wildman–Crippen MR) is 77.6 cm³/mol. The fourth-order valence-corrected chi connectivity index (χ4v) is 2.09. The van der Waals surface area contributed by atoms with Crippen LogP contribution in [0.3, 0.4) is 0 Å². The van der Waals surface area contributed by atoms with Gasteiger partial charge in [0.05, 0.1) is 24.9 Å². The van der Waals surface area contributed by atoms with E-state index in [-0.39, 0.29) is 18.3 Å². The molecule has 0 N–H and O–H groups in total. The fourth-order valence-electron chi connectivity index (χ4n) is 2.09. The van der Waals surface area contributed by atoms with E-state index in [4.69, 9.17) is 18.9 Å². The summed E-state index contributed by atoms with van der Waals surface area (Å²) in [4.78, 5) is 0. The molecule has 0 saturated carbocycles. The van der Waals surface area contributed by atoms with Gasteiger partial charge < -0.3 is 18.9 Å². The predicted octanol–water partition coefficient (Wildman–Crippen LogP) is 3.04.